The van der Waals surface area contributed by atoms with E-state index >= 15 is 0 Å². The normalized spacial score (nSPS) is 10.2. The van der Waals surface area contributed by atoms with E-state index in [-0.39, 0.29) is 47.3 Å². The highest BCUT2D eigenvalue weighted by molar-refractivity contribution is 5.92. The van der Waals surface area contributed by atoms with Crippen LogP contribution >= 0.6 is 0 Å². The second-order valence-corrected chi connectivity index (χ2v) is 11.3. The maximum absolute atomic E-state index is 12.6. The lowest BCUT2D eigenvalue weighted by Crippen LogP contribution is -2.12. The minimum Gasteiger partial charge on any atom is -0.463 e. The second-order valence-electron chi connectivity index (χ2n) is 11.3. The number of ether oxygens (including phenoxy) is 8. The smallest absolute Gasteiger partial charge is 0.463 e. The molecule has 3 aromatic rings. The Labute approximate surface area is 312 Å². The van der Waals surface area contributed by atoms with E-state index in [1.165, 1.54) is 72.8 Å². The Bertz CT molecular complexity index is 1570. The monoisotopic (exact) mass is 746 g/mol. The van der Waals surface area contributed by atoms with E-state index in [0.29, 0.717) is 38.9 Å². The van der Waals surface area contributed by atoms with Crippen molar-refractivity contribution in [1.82, 2.24) is 0 Å². The molecule has 0 spiro atoms. The second kappa shape index (κ2) is 23.9. The summed E-state index contributed by atoms with van der Waals surface area (Å²) in [6.07, 6.45) is 6.26. The summed E-state index contributed by atoms with van der Waals surface area (Å²) in [7, 11) is 0. The van der Waals surface area contributed by atoms with Crippen molar-refractivity contribution < 1.29 is 66.7 Å². The van der Waals surface area contributed by atoms with Gasteiger partial charge in [0.15, 0.2) is 0 Å². The van der Waals surface area contributed by atoms with E-state index in [2.05, 4.69) is 13.2 Å². The molecule has 0 heterocycles. The van der Waals surface area contributed by atoms with Crippen LogP contribution in [0.5, 0.6) is 23.0 Å². The molecule has 0 atom stereocenters. The molecular formula is C40H42O14. The number of rotatable bonds is 22. The van der Waals surface area contributed by atoms with Gasteiger partial charge < -0.3 is 37.9 Å². The van der Waals surface area contributed by atoms with Crippen LogP contribution in [0.25, 0.3) is 0 Å². The quantitative estimate of drug-likeness (QED) is 0.0244. The van der Waals surface area contributed by atoms with Crippen molar-refractivity contribution in [2.75, 3.05) is 26.4 Å². The van der Waals surface area contributed by atoms with Crippen molar-refractivity contribution in [1.29, 1.82) is 0 Å². The van der Waals surface area contributed by atoms with Crippen LogP contribution in [0, 0.1) is 0 Å². The fourth-order valence-electron chi connectivity index (χ4n) is 4.37. The highest BCUT2D eigenvalue weighted by Gasteiger charge is 2.14. The maximum atomic E-state index is 12.6. The van der Waals surface area contributed by atoms with Crippen molar-refractivity contribution in [3.8, 4) is 23.0 Å². The fourth-order valence-corrected chi connectivity index (χ4v) is 4.37. The first-order chi connectivity index (χ1) is 26.2. The van der Waals surface area contributed by atoms with E-state index < -0.39 is 36.2 Å². The van der Waals surface area contributed by atoms with Crippen molar-refractivity contribution in [2.24, 2.45) is 0 Å². The van der Waals surface area contributed by atoms with Crippen molar-refractivity contribution >= 4 is 36.2 Å². The van der Waals surface area contributed by atoms with Crippen molar-refractivity contribution in [3.63, 3.8) is 0 Å². The van der Waals surface area contributed by atoms with Gasteiger partial charge in [0, 0.05) is 12.2 Å². The largest absolute Gasteiger partial charge is 0.513 e. The number of benzene rings is 3. The molecule has 0 fully saturated rings. The summed E-state index contributed by atoms with van der Waals surface area (Å²) in [6, 6.07) is 17.2. The van der Waals surface area contributed by atoms with E-state index in [0.717, 1.165) is 37.8 Å². The summed E-state index contributed by atoms with van der Waals surface area (Å²) in [5.41, 5.74) is 0.395. The molecule has 0 N–H and O–H groups in total. The zero-order chi connectivity index (χ0) is 39.0. The molecule has 0 saturated carbocycles. The summed E-state index contributed by atoms with van der Waals surface area (Å²) in [6.45, 7) is 7.60. The van der Waals surface area contributed by atoms with Gasteiger partial charge in [-0.05, 0) is 124 Å². The Morgan fingerprint density at radius 2 is 0.667 bits per heavy atom. The molecule has 0 aliphatic heterocycles. The highest BCUT2D eigenvalue weighted by Crippen LogP contribution is 2.22. The Morgan fingerprint density at radius 3 is 0.981 bits per heavy atom. The molecule has 14 nitrogen and oxygen atoms in total. The van der Waals surface area contributed by atoms with Gasteiger partial charge >= 0.3 is 36.2 Å². The third kappa shape index (κ3) is 16.7. The molecule has 14 heteroatoms. The average molecular weight is 747 g/mol. The SMILES string of the molecule is C=CC(=O)OCCCCCCOC(=O)Oc1ccc(C(=O)Oc2ccc(OC(=O)c3ccc(OC(=O)OCCCCCCOC(=O)C=C)cc3)cc2)cc1. The molecule has 3 aromatic carbocycles. The van der Waals surface area contributed by atoms with Gasteiger partial charge in [0.05, 0.1) is 37.6 Å². The van der Waals surface area contributed by atoms with Gasteiger partial charge in [-0.25, -0.2) is 28.8 Å². The fraction of sp³-hybridized carbons (Fsp3) is 0.300. The number of hydrogen-bond donors (Lipinski definition) is 0. The first-order valence-electron chi connectivity index (χ1n) is 17.2. The van der Waals surface area contributed by atoms with Gasteiger partial charge in [0.1, 0.15) is 23.0 Å². The van der Waals surface area contributed by atoms with Gasteiger partial charge in [-0.1, -0.05) is 13.2 Å². The molecule has 0 aliphatic carbocycles. The molecular weight excluding hydrogens is 704 g/mol. The van der Waals surface area contributed by atoms with E-state index in [1.54, 1.807) is 0 Å². The Hall–Kier alpha value is -6.44. The van der Waals surface area contributed by atoms with Crippen molar-refractivity contribution in [2.45, 2.75) is 51.4 Å². The average Bonchev–Trinajstić information content (AvgIpc) is 3.17. The van der Waals surface area contributed by atoms with Gasteiger partial charge in [-0.15, -0.1) is 0 Å². The van der Waals surface area contributed by atoms with Crippen LogP contribution in [0.1, 0.15) is 72.1 Å². The molecule has 54 heavy (non-hydrogen) atoms. The highest BCUT2D eigenvalue weighted by atomic mass is 16.7. The van der Waals surface area contributed by atoms with E-state index in [9.17, 15) is 28.8 Å². The summed E-state index contributed by atoms with van der Waals surface area (Å²) in [4.78, 5) is 71.1. The third-order valence-corrected chi connectivity index (χ3v) is 7.17. The van der Waals surface area contributed by atoms with E-state index in [1.807, 2.05) is 0 Å². The lowest BCUT2D eigenvalue weighted by atomic mass is 10.2. The van der Waals surface area contributed by atoms with Crippen LogP contribution in [-0.4, -0.2) is 62.6 Å². The minimum atomic E-state index is -0.877. The number of unbranched alkanes of at least 4 members (excludes halogenated alkanes) is 6. The van der Waals surface area contributed by atoms with Crippen LogP contribution in [0.3, 0.4) is 0 Å². The molecule has 0 bridgehead atoms. The Morgan fingerprint density at radius 1 is 0.389 bits per heavy atom. The molecule has 0 radical (unpaired) electrons. The van der Waals surface area contributed by atoms with Gasteiger partial charge in [0.25, 0.3) is 0 Å². The topological polar surface area (TPSA) is 176 Å². The van der Waals surface area contributed by atoms with Crippen LogP contribution in [0.15, 0.2) is 98.1 Å². The van der Waals surface area contributed by atoms with Crippen molar-refractivity contribution in [3.05, 3.63) is 109 Å². The van der Waals surface area contributed by atoms with Crippen LogP contribution in [0.4, 0.5) is 9.59 Å². The maximum Gasteiger partial charge on any atom is 0.513 e. The Kier molecular flexibility index (Phi) is 18.6. The summed E-state index contributed by atoms with van der Waals surface area (Å²) >= 11 is 0. The van der Waals surface area contributed by atoms with Crippen LogP contribution < -0.4 is 18.9 Å². The number of carbonyl (C=O) groups excluding carboxylic acids is 6. The summed E-state index contributed by atoms with van der Waals surface area (Å²) in [5, 5.41) is 0. The molecule has 3 rings (SSSR count). The number of esters is 4. The van der Waals surface area contributed by atoms with Crippen LogP contribution in [-0.2, 0) is 28.5 Å². The minimum absolute atomic E-state index is 0.167. The molecule has 0 unspecified atom stereocenters. The zero-order valence-electron chi connectivity index (χ0n) is 29.7. The molecule has 0 amide bonds. The predicted molar refractivity (Wildman–Crippen MR) is 192 cm³/mol. The van der Waals surface area contributed by atoms with Gasteiger partial charge in [-0.2, -0.15) is 0 Å². The van der Waals surface area contributed by atoms with Gasteiger partial charge in [-0.3, -0.25) is 0 Å². The number of carbonyl (C=O) groups is 6. The lowest BCUT2D eigenvalue weighted by molar-refractivity contribution is -0.138. The first-order valence-corrected chi connectivity index (χ1v) is 17.2. The molecule has 0 aromatic heterocycles. The lowest BCUT2D eigenvalue weighted by Gasteiger charge is -2.09. The zero-order valence-corrected chi connectivity index (χ0v) is 29.7. The predicted octanol–water partition coefficient (Wildman–Crippen LogP) is 7.74. The Balaban J connectivity index is 1.31. The van der Waals surface area contributed by atoms with E-state index in [4.69, 9.17) is 37.9 Å². The first kappa shape index (κ1) is 42.0. The summed E-state index contributed by atoms with van der Waals surface area (Å²) in [5.74, 6) is -1.50. The van der Waals surface area contributed by atoms with Gasteiger partial charge in [0.2, 0.25) is 0 Å². The standard InChI is InChI=1S/C40H42O14/c1-3-35(41)47-25-9-5-7-11-27-49-39(45)53-33-17-13-29(14-18-33)37(43)51-31-21-23-32(24-22-31)52-38(44)30-15-19-34(20-16-30)54-40(46)50-28-12-8-6-10-26-48-36(42)4-2/h3-4,13-24H,1-2,5-12,25-28H2. The third-order valence-electron chi connectivity index (χ3n) is 7.17. The molecule has 0 aliphatic rings. The summed E-state index contributed by atoms with van der Waals surface area (Å²) < 4.78 is 40.9. The molecule has 0 saturated heterocycles. The molecule has 286 valence electrons. The number of hydrogen-bond acceptors (Lipinski definition) is 14. The van der Waals surface area contributed by atoms with Crippen LogP contribution in [0.2, 0.25) is 0 Å².